The molecule has 0 bridgehead atoms. The highest BCUT2D eigenvalue weighted by Gasteiger charge is 2.21. The highest BCUT2D eigenvalue weighted by atomic mass is 16.2. The summed E-state index contributed by atoms with van der Waals surface area (Å²) in [5.74, 6) is -0.473. The average molecular weight is 383 g/mol. The molecular weight excluding hydrogens is 362 g/mol. The van der Waals surface area contributed by atoms with Gasteiger partial charge in [-0.15, -0.1) is 0 Å². The molecule has 1 aliphatic rings. The zero-order valence-electron chi connectivity index (χ0n) is 15.4. The van der Waals surface area contributed by atoms with E-state index in [1.54, 1.807) is 6.92 Å². The summed E-state index contributed by atoms with van der Waals surface area (Å²) in [6.45, 7) is 2.00. The molecule has 0 fully saturated rings. The van der Waals surface area contributed by atoms with Crippen LogP contribution >= 0.6 is 0 Å². The Hall–Kier alpha value is -3.49. The van der Waals surface area contributed by atoms with Crippen LogP contribution in [-0.4, -0.2) is 45.6 Å². The first-order chi connectivity index (χ1) is 13.4. The lowest BCUT2D eigenvalue weighted by molar-refractivity contribution is -0.132. The predicted molar refractivity (Wildman–Crippen MR) is 103 cm³/mol. The van der Waals surface area contributed by atoms with Crippen LogP contribution in [0.5, 0.6) is 0 Å². The molecule has 28 heavy (non-hydrogen) atoms. The van der Waals surface area contributed by atoms with Gasteiger partial charge in [-0.1, -0.05) is 30.3 Å². The minimum absolute atomic E-state index is 0.0955. The third kappa shape index (κ3) is 4.61. The van der Waals surface area contributed by atoms with Crippen LogP contribution in [0.15, 0.2) is 45.0 Å². The normalized spacial score (nSPS) is 14.0. The summed E-state index contributed by atoms with van der Waals surface area (Å²) in [7, 11) is 0. The van der Waals surface area contributed by atoms with Gasteiger partial charge in [0, 0.05) is 30.6 Å². The van der Waals surface area contributed by atoms with Gasteiger partial charge in [0.15, 0.2) is 0 Å². The minimum atomic E-state index is -0.609. The molecule has 9 nitrogen and oxygen atoms in total. The number of aryl methyl sites for hydroxylation is 1. The van der Waals surface area contributed by atoms with Crippen molar-refractivity contribution in [2.24, 2.45) is 5.10 Å². The maximum absolute atomic E-state index is 12.1. The van der Waals surface area contributed by atoms with Gasteiger partial charge in [0.2, 0.25) is 11.8 Å². The predicted octanol–water partition coefficient (Wildman–Crippen LogP) is 0.0570. The first-order valence-electron chi connectivity index (χ1n) is 8.96. The van der Waals surface area contributed by atoms with E-state index in [0.29, 0.717) is 18.5 Å². The van der Waals surface area contributed by atoms with E-state index in [1.807, 2.05) is 30.3 Å². The van der Waals surface area contributed by atoms with E-state index in [4.69, 9.17) is 0 Å². The van der Waals surface area contributed by atoms with Gasteiger partial charge in [-0.25, -0.2) is 9.80 Å². The number of hydrazone groups is 1. The smallest absolute Gasteiger partial charge is 0.325 e. The van der Waals surface area contributed by atoms with Crippen LogP contribution in [0.25, 0.3) is 0 Å². The van der Waals surface area contributed by atoms with Crippen LogP contribution in [0.3, 0.4) is 0 Å². The zero-order chi connectivity index (χ0) is 20.1. The number of nitrogens with zero attached hydrogens (tertiary/aromatic N) is 2. The molecule has 0 saturated heterocycles. The summed E-state index contributed by atoms with van der Waals surface area (Å²) in [5, 5.41) is 8.45. The summed E-state index contributed by atoms with van der Waals surface area (Å²) in [6.07, 6.45) is 0.790. The van der Waals surface area contributed by atoms with Gasteiger partial charge in [0.05, 0.1) is 18.7 Å². The fourth-order valence-corrected chi connectivity index (χ4v) is 2.98. The van der Waals surface area contributed by atoms with Gasteiger partial charge < -0.3 is 10.3 Å². The fourth-order valence-electron chi connectivity index (χ4n) is 2.98. The quantitative estimate of drug-likeness (QED) is 0.651. The number of nitrogens with one attached hydrogen (secondary N) is 3. The third-order valence-electron chi connectivity index (χ3n) is 4.45. The molecule has 1 aliphatic heterocycles. The van der Waals surface area contributed by atoms with E-state index >= 15 is 0 Å². The van der Waals surface area contributed by atoms with Crippen molar-refractivity contribution < 1.29 is 9.59 Å². The Balaban J connectivity index is 1.58. The molecule has 0 spiro atoms. The molecule has 3 N–H and O–H groups in total. The number of carbonyl (C=O) groups excluding carboxylic acids is 2. The Kier molecular flexibility index (Phi) is 5.83. The Morgan fingerprint density at radius 3 is 2.61 bits per heavy atom. The molecule has 0 unspecified atom stereocenters. The van der Waals surface area contributed by atoms with Crippen molar-refractivity contribution >= 4 is 17.5 Å². The maximum Gasteiger partial charge on any atom is 0.325 e. The molecule has 3 rings (SSSR count). The molecule has 2 heterocycles. The van der Waals surface area contributed by atoms with Crippen molar-refractivity contribution in [2.75, 3.05) is 13.1 Å². The number of carbonyl (C=O) groups is 2. The molecule has 146 valence electrons. The summed E-state index contributed by atoms with van der Waals surface area (Å²) >= 11 is 0. The van der Waals surface area contributed by atoms with Crippen LogP contribution in [0.2, 0.25) is 0 Å². The second kappa shape index (κ2) is 8.47. The Bertz CT molecular complexity index is 1020. The van der Waals surface area contributed by atoms with Gasteiger partial charge in [-0.05, 0) is 12.5 Å². The topological polar surface area (TPSA) is 127 Å². The zero-order valence-corrected chi connectivity index (χ0v) is 15.4. The lowest BCUT2D eigenvalue weighted by Gasteiger charge is -2.23. The molecule has 0 aliphatic carbocycles. The van der Waals surface area contributed by atoms with E-state index in [9.17, 15) is 19.2 Å². The molecule has 1 aromatic carbocycles. The minimum Gasteiger partial charge on any atom is -0.354 e. The molecule has 1 aromatic heterocycles. The van der Waals surface area contributed by atoms with Crippen molar-refractivity contribution in [3.8, 4) is 0 Å². The number of H-pyrrole nitrogens is 2. The monoisotopic (exact) mass is 383 g/mol. The van der Waals surface area contributed by atoms with Crippen LogP contribution in [-0.2, 0) is 16.0 Å². The van der Waals surface area contributed by atoms with Crippen LogP contribution < -0.4 is 16.6 Å². The van der Waals surface area contributed by atoms with Crippen LogP contribution in [0.1, 0.15) is 29.7 Å². The number of aromatic amines is 2. The fraction of sp³-hybridized carbons (Fsp3) is 0.316. The Morgan fingerprint density at radius 1 is 1.14 bits per heavy atom. The van der Waals surface area contributed by atoms with Crippen molar-refractivity contribution in [1.29, 1.82) is 0 Å². The first-order valence-corrected chi connectivity index (χ1v) is 8.96. The Labute approximate surface area is 160 Å². The summed E-state index contributed by atoms with van der Waals surface area (Å²) in [6, 6.07) is 9.64. The van der Waals surface area contributed by atoms with E-state index in [2.05, 4.69) is 20.4 Å². The lowest BCUT2D eigenvalue weighted by Crippen LogP contribution is -2.39. The largest absolute Gasteiger partial charge is 0.354 e. The maximum atomic E-state index is 12.1. The van der Waals surface area contributed by atoms with Gasteiger partial charge >= 0.3 is 5.69 Å². The molecule has 0 radical (unpaired) electrons. The SMILES string of the molecule is Cc1[nH]c(=O)[nH]c(=O)c1CC(=O)NCCN1N=C(c2ccccc2)CCC1=O. The average Bonchev–Trinajstić information content (AvgIpc) is 2.67. The summed E-state index contributed by atoms with van der Waals surface area (Å²) in [5.41, 5.74) is 1.17. The van der Waals surface area contributed by atoms with E-state index in [-0.39, 0.29) is 36.9 Å². The Morgan fingerprint density at radius 2 is 1.89 bits per heavy atom. The highest BCUT2D eigenvalue weighted by molar-refractivity contribution is 6.04. The van der Waals surface area contributed by atoms with Gasteiger partial charge in [-0.2, -0.15) is 5.10 Å². The molecule has 0 saturated carbocycles. The van der Waals surface area contributed by atoms with Gasteiger partial charge in [0.1, 0.15) is 0 Å². The second-order valence-electron chi connectivity index (χ2n) is 6.47. The third-order valence-corrected chi connectivity index (χ3v) is 4.45. The molecule has 9 heteroatoms. The van der Waals surface area contributed by atoms with E-state index in [1.165, 1.54) is 5.01 Å². The molecule has 2 amide bonds. The van der Waals surface area contributed by atoms with Crippen LogP contribution in [0.4, 0.5) is 0 Å². The lowest BCUT2D eigenvalue weighted by atomic mass is 10.0. The van der Waals surface area contributed by atoms with Gasteiger partial charge in [0.25, 0.3) is 5.56 Å². The van der Waals surface area contributed by atoms with Crippen molar-refractivity contribution in [2.45, 2.75) is 26.2 Å². The van der Waals surface area contributed by atoms with Crippen LogP contribution in [0, 0.1) is 6.92 Å². The number of hydrogen-bond donors (Lipinski definition) is 3. The second-order valence-corrected chi connectivity index (χ2v) is 6.47. The molecular formula is C19H21N5O4. The van der Waals surface area contributed by atoms with Crippen molar-refractivity contribution in [1.82, 2.24) is 20.3 Å². The number of hydrogen-bond acceptors (Lipinski definition) is 5. The number of benzene rings is 1. The van der Waals surface area contributed by atoms with E-state index < -0.39 is 11.2 Å². The van der Waals surface area contributed by atoms with Crippen molar-refractivity contribution in [3.63, 3.8) is 0 Å². The number of aromatic nitrogens is 2. The van der Waals surface area contributed by atoms with E-state index in [0.717, 1.165) is 11.3 Å². The summed E-state index contributed by atoms with van der Waals surface area (Å²) < 4.78 is 0. The van der Waals surface area contributed by atoms with Gasteiger partial charge in [-0.3, -0.25) is 19.4 Å². The summed E-state index contributed by atoms with van der Waals surface area (Å²) in [4.78, 5) is 51.8. The molecule has 0 atom stereocenters. The standard InChI is InChI=1S/C19H21N5O4/c1-12-14(18(27)22-19(28)21-12)11-16(25)20-9-10-24-17(26)8-7-15(23-24)13-5-3-2-4-6-13/h2-6H,7-11H2,1H3,(H,20,25)(H2,21,22,27,28). The number of amides is 2. The highest BCUT2D eigenvalue weighted by Crippen LogP contribution is 2.14. The first kappa shape index (κ1) is 19.3. The molecule has 2 aromatic rings. The van der Waals surface area contributed by atoms with Crippen molar-refractivity contribution in [3.05, 3.63) is 68.0 Å². The number of rotatable bonds is 6.